The molecule has 0 spiro atoms. The Labute approximate surface area is 160 Å². The van der Waals surface area contributed by atoms with Gasteiger partial charge in [0.05, 0.1) is 0 Å². The van der Waals surface area contributed by atoms with Gasteiger partial charge in [-0.25, -0.2) is 0 Å². The van der Waals surface area contributed by atoms with Gasteiger partial charge in [0.1, 0.15) is 6.04 Å². The summed E-state index contributed by atoms with van der Waals surface area (Å²) in [4.78, 5) is 26.8. The second-order valence-corrected chi connectivity index (χ2v) is 6.92. The summed E-state index contributed by atoms with van der Waals surface area (Å²) in [6, 6.07) is 4.71. The second-order valence-electron chi connectivity index (χ2n) is 6.08. The Hall–Kier alpha value is -1.26. The van der Waals surface area contributed by atoms with Gasteiger partial charge in [0.2, 0.25) is 11.8 Å². The molecule has 0 radical (unpaired) electrons. The highest BCUT2D eigenvalue weighted by molar-refractivity contribution is 6.35. The molecule has 0 aromatic heterocycles. The van der Waals surface area contributed by atoms with Crippen molar-refractivity contribution in [1.82, 2.24) is 10.2 Å². The first-order valence-electron chi connectivity index (χ1n) is 8.95. The first-order chi connectivity index (χ1) is 11.9. The Balaban J connectivity index is 3.00. The number of carbonyl (C=O) groups excluding carboxylic acids is 2. The predicted octanol–water partition coefficient (Wildman–Crippen LogP) is 4.82. The number of halogens is 2. The lowest BCUT2D eigenvalue weighted by molar-refractivity contribution is -0.141. The molecule has 2 amide bonds. The molecular weight excluding hydrogens is 359 g/mol. The number of benzene rings is 1. The van der Waals surface area contributed by atoms with Crippen LogP contribution < -0.4 is 5.32 Å². The van der Waals surface area contributed by atoms with E-state index >= 15 is 0 Å². The lowest BCUT2D eigenvalue weighted by Crippen LogP contribution is -2.49. The number of carbonyl (C=O) groups is 2. The smallest absolute Gasteiger partial charge is 0.242 e. The van der Waals surface area contributed by atoms with Gasteiger partial charge in [-0.2, -0.15) is 0 Å². The van der Waals surface area contributed by atoms with E-state index in [4.69, 9.17) is 23.2 Å². The largest absolute Gasteiger partial charge is 0.354 e. The minimum Gasteiger partial charge on any atom is -0.354 e. The van der Waals surface area contributed by atoms with Crippen LogP contribution in [0.4, 0.5) is 0 Å². The van der Waals surface area contributed by atoms with E-state index in [0.29, 0.717) is 36.0 Å². The van der Waals surface area contributed by atoms with E-state index in [9.17, 15) is 9.59 Å². The van der Waals surface area contributed by atoms with Crippen molar-refractivity contribution in [2.75, 3.05) is 6.54 Å². The molecule has 25 heavy (non-hydrogen) atoms. The molecule has 1 rings (SSSR count). The average Bonchev–Trinajstić information content (AvgIpc) is 2.57. The number of nitrogens with zero attached hydrogens (tertiary/aromatic N) is 1. The molecule has 0 aliphatic carbocycles. The van der Waals surface area contributed by atoms with Crippen molar-refractivity contribution >= 4 is 35.0 Å². The van der Waals surface area contributed by atoms with E-state index in [0.717, 1.165) is 24.8 Å². The molecule has 0 bridgehead atoms. The number of unbranched alkanes of at least 4 members (excludes halogenated alkanes) is 1. The van der Waals surface area contributed by atoms with Crippen LogP contribution in [0.3, 0.4) is 0 Å². The molecular formula is C19H28Cl2N2O2. The van der Waals surface area contributed by atoms with Crippen LogP contribution in [0.5, 0.6) is 0 Å². The molecule has 6 heteroatoms. The van der Waals surface area contributed by atoms with Crippen molar-refractivity contribution in [3.63, 3.8) is 0 Å². The maximum Gasteiger partial charge on any atom is 0.242 e. The van der Waals surface area contributed by atoms with Gasteiger partial charge in [-0.1, -0.05) is 56.5 Å². The second kappa shape index (κ2) is 11.4. The molecule has 0 fully saturated rings. The van der Waals surface area contributed by atoms with E-state index in [1.807, 2.05) is 13.8 Å². The summed E-state index contributed by atoms with van der Waals surface area (Å²) < 4.78 is 0. The maximum atomic E-state index is 12.6. The molecule has 0 saturated carbocycles. The average molecular weight is 387 g/mol. The van der Waals surface area contributed by atoms with Crippen molar-refractivity contribution < 1.29 is 9.59 Å². The van der Waals surface area contributed by atoms with Gasteiger partial charge in [-0.15, -0.1) is 0 Å². The summed E-state index contributed by atoms with van der Waals surface area (Å²) in [6.07, 6.45) is 3.63. The minimum atomic E-state index is -0.498. The zero-order chi connectivity index (χ0) is 18.8. The number of rotatable bonds is 10. The molecule has 0 aliphatic rings. The number of hydrogen-bond acceptors (Lipinski definition) is 2. The topological polar surface area (TPSA) is 49.4 Å². The highest BCUT2D eigenvalue weighted by Crippen LogP contribution is 2.24. The van der Waals surface area contributed by atoms with E-state index in [1.165, 1.54) is 0 Å². The van der Waals surface area contributed by atoms with Crippen LogP contribution in [-0.2, 0) is 16.1 Å². The number of nitrogens with one attached hydrogen (secondary N) is 1. The van der Waals surface area contributed by atoms with Crippen LogP contribution in [0.1, 0.15) is 58.4 Å². The number of hydrogen-bond donors (Lipinski definition) is 1. The summed E-state index contributed by atoms with van der Waals surface area (Å²) in [6.45, 7) is 6.87. The van der Waals surface area contributed by atoms with E-state index in [-0.39, 0.29) is 11.8 Å². The third-order valence-corrected chi connectivity index (χ3v) is 4.62. The Morgan fingerprint density at radius 3 is 2.44 bits per heavy atom. The number of amides is 2. The van der Waals surface area contributed by atoms with E-state index < -0.39 is 6.04 Å². The molecule has 1 atom stereocenters. The zero-order valence-corrected chi connectivity index (χ0v) is 16.8. The standard InChI is InChI=1S/C19H28Cl2N2O2/c1-4-7-11-22-19(25)17(6-3)23(18(24)8-5-2)13-14-9-10-15(20)12-16(14)21/h9-10,12,17H,4-8,11,13H2,1-3H3,(H,22,25)/t17-/m1/s1. The van der Waals surface area contributed by atoms with Crippen LogP contribution in [-0.4, -0.2) is 29.3 Å². The van der Waals surface area contributed by atoms with Crippen molar-refractivity contribution in [1.29, 1.82) is 0 Å². The fourth-order valence-electron chi connectivity index (χ4n) is 2.62. The van der Waals surface area contributed by atoms with E-state index in [2.05, 4.69) is 12.2 Å². The Morgan fingerprint density at radius 1 is 1.16 bits per heavy atom. The van der Waals surface area contributed by atoms with Gasteiger partial charge in [0, 0.05) is 29.6 Å². The molecule has 1 aromatic carbocycles. The lowest BCUT2D eigenvalue weighted by atomic mass is 10.1. The summed E-state index contributed by atoms with van der Waals surface area (Å²) >= 11 is 12.2. The summed E-state index contributed by atoms with van der Waals surface area (Å²) in [7, 11) is 0. The first kappa shape index (κ1) is 21.8. The minimum absolute atomic E-state index is 0.0361. The van der Waals surface area contributed by atoms with Crippen LogP contribution in [0.25, 0.3) is 0 Å². The van der Waals surface area contributed by atoms with Gasteiger partial charge in [0.25, 0.3) is 0 Å². The Bertz CT molecular complexity index is 579. The highest BCUT2D eigenvalue weighted by Gasteiger charge is 2.28. The molecule has 0 aliphatic heterocycles. The third-order valence-electron chi connectivity index (χ3n) is 4.04. The fourth-order valence-corrected chi connectivity index (χ4v) is 3.08. The lowest BCUT2D eigenvalue weighted by Gasteiger charge is -2.31. The van der Waals surface area contributed by atoms with Gasteiger partial charge in [-0.3, -0.25) is 9.59 Å². The van der Waals surface area contributed by atoms with Crippen molar-refractivity contribution in [2.45, 2.75) is 65.5 Å². The zero-order valence-electron chi connectivity index (χ0n) is 15.3. The molecule has 0 saturated heterocycles. The van der Waals surface area contributed by atoms with Crippen LogP contribution in [0.15, 0.2) is 18.2 Å². The molecule has 1 aromatic rings. The normalized spacial score (nSPS) is 11.9. The summed E-state index contributed by atoms with van der Waals surface area (Å²) in [5.41, 5.74) is 0.787. The maximum absolute atomic E-state index is 12.6. The Morgan fingerprint density at radius 2 is 1.88 bits per heavy atom. The third kappa shape index (κ3) is 6.87. The SMILES string of the molecule is CCCCNC(=O)[C@@H](CC)N(Cc1ccc(Cl)cc1Cl)C(=O)CCC. The first-order valence-corrected chi connectivity index (χ1v) is 9.71. The van der Waals surface area contributed by atoms with Gasteiger partial charge in [-0.05, 0) is 37.0 Å². The van der Waals surface area contributed by atoms with Gasteiger partial charge in [0.15, 0.2) is 0 Å². The van der Waals surface area contributed by atoms with Crippen molar-refractivity contribution in [3.8, 4) is 0 Å². The van der Waals surface area contributed by atoms with Crippen molar-refractivity contribution in [3.05, 3.63) is 33.8 Å². The monoisotopic (exact) mass is 386 g/mol. The molecule has 140 valence electrons. The summed E-state index contributed by atoms with van der Waals surface area (Å²) in [5.74, 6) is -0.142. The quantitative estimate of drug-likeness (QED) is 0.586. The molecule has 0 heterocycles. The van der Waals surface area contributed by atoms with E-state index in [1.54, 1.807) is 23.1 Å². The summed E-state index contributed by atoms with van der Waals surface area (Å²) in [5, 5.41) is 3.98. The molecule has 0 unspecified atom stereocenters. The van der Waals surface area contributed by atoms with Gasteiger partial charge >= 0.3 is 0 Å². The molecule has 4 nitrogen and oxygen atoms in total. The highest BCUT2D eigenvalue weighted by atomic mass is 35.5. The molecule has 1 N–H and O–H groups in total. The predicted molar refractivity (Wildman–Crippen MR) is 104 cm³/mol. The van der Waals surface area contributed by atoms with Crippen LogP contribution >= 0.6 is 23.2 Å². The van der Waals surface area contributed by atoms with Crippen LogP contribution in [0.2, 0.25) is 10.0 Å². The fraction of sp³-hybridized carbons (Fsp3) is 0.579. The van der Waals surface area contributed by atoms with Crippen LogP contribution in [0, 0.1) is 0 Å². The van der Waals surface area contributed by atoms with Gasteiger partial charge < -0.3 is 10.2 Å². The van der Waals surface area contributed by atoms with Crippen molar-refractivity contribution in [2.24, 2.45) is 0 Å². The Kier molecular flexibility index (Phi) is 9.91.